The third kappa shape index (κ3) is 4.00. The molecule has 3 aromatic carbocycles. The summed E-state index contributed by atoms with van der Waals surface area (Å²) < 4.78 is 0. The van der Waals surface area contributed by atoms with Crippen molar-refractivity contribution < 1.29 is 19.5 Å². The molecule has 1 heterocycles. The second kappa shape index (κ2) is 8.58. The minimum absolute atomic E-state index is 0.0117. The van der Waals surface area contributed by atoms with Gasteiger partial charge >= 0.3 is 0 Å². The van der Waals surface area contributed by atoms with Gasteiger partial charge in [0.05, 0.1) is 17.2 Å². The van der Waals surface area contributed by atoms with Gasteiger partial charge in [-0.2, -0.15) is 0 Å². The number of hydrogen-bond acceptors (Lipinski definition) is 4. The molecule has 5 heteroatoms. The van der Waals surface area contributed by atoms with E-state index in [1.807, 2.05) is 50.2 Å². The van der Waals surface area contributed by atoms with E-state index in [1.54, 1.807) is 36.4 Å². The van der Waals surface area contributed by atoms with E-state index in [9.17, 15) is 19.5 Å². The number of hydrogen-bond donors (Lipinski definition) is 2. The van der Waals surface area contributed by atoms with E-state index in [0.717, 1.165) is 11.1 Å². The quantitative estimate of drug-likeness (QED) is 0.506. The standard InChI is InChI=1S/C30H29NO4/c1-19-7-11-21(12-8-19)27(33)24-17-29(15-16-30(24,35)22-13-9-20(2)10-14-22)18-26(32)31-25-6-4-3-5-23(25)28(29)34/h3-14,24,35H,15-18H2,1-2H3,(H,31,32)/t24-,29+,30+/m0/s1. The Morgan fingerprint density at radius 1 is 0.886 bits per heavy atom. The fraction of sp³-hybridized carbons (Fsp3) is 0.300. The molecule has 0 radical (unpaired) electrons. The van der Waals surface area contributed by atoms with Gasteiger partial charge in [-0.15, -0.1) is 0 Å². The summed E-state index contributed by atoms with van der Waals surface area (Å²) in [6, 6.07) is 21.9. The number of para-hydroxylation sites is 1. The molecule has 3 atom stereocenters. The number of aliphatic hydroxyl groups is 1. The van der Waals surface area contributed by atoms with Crippen LogP contribution in [0.4, 0.5) is 5.69 Å². The monoisotopic (exact) mass is 467 g/mol. The van der Waals surface area contributed by atoms with E-state index < -0.39 is 16.9 Å². The minimum atomic E-state index is -1.44. The van der Waals surface area contributed by atoms with Crippen LogP contribution < -0.4 is 5.32 Å². The van der Waals surface area contributed by atoms with Gasteiger partial charge in [0.25, 0.3) is 0 Å². The molecule has 1 saturated carbocycles. The first-order chi connectivity index (χ1) is 16.7. The highest BCUT2D eigenvalue weighted by molar-refractivity contribution is 6.12. The highest BCUT2D eigenvalue weighted by Crippen LogP contribution is 2.54. The van der Waals surface area contributed by atoms with Crippen molar-refractivity contribution in [3.63, 3.8) is 0 Å². The van der Waals surface area contributed by atoms with Gasteiger partial charge in [0.2, 0.25) is 5.91 Å². The van der Waals surface area contributed by atoms with Crippen molar-refractivity contribution in [1.29, 1.82) is 0 Å². The molecule has 1 spiro atoms. The smallest absolute Gasteiger partial charge is 0.225 e. The van der Waals surface area contributed by atoms with Gasteiger partial charge in [0.1, 0.15) is 0 Å². The van der Waals surface area contributed by atoms with Crippen LogP contribution in [0.15, 0.2) is 72.8 Å². The Morgan fingerprint density at radius 3 is 2.20 bits per heavy atom. The molecule has 1 amide bonds. The van der Waals surface area contributed by atoms with E-state index in [0.29, 0.717) is 28.8 Å². The third-order valence-electron chi connectivity index (χ3n) is 7.79. The second-order valence-electron chi connectivity index (χ2n) is 10.2. The number of amides is 1. The molecule has 1 aliphatic heterocycles. The summed E-state index contributed by atoms with van der Waals surface area (Å²) in [5.74, 6) is -1.47. The molecule has 0 aromatic heterocycles. The molecule has 1 fully saturated rings. The van der Waals surface area contributed by atoms with Gasteiger partial charge < -0.3 is 10.4 Å². The predicted molar refractivity (Wildman–Crippen MR) is 134 cm³/mol. The van der Waals surface area contributed by atoms with Crippen LogP contribution in [-0.4, -0.2) is 22.6 Å². The Bertz CT molecular complexity index is 1310. The first-order valence-corrected chi connectivity index (χ1v) is 12.1. The van der Waals surface area contributed by atoms with Crippen molar-refractivity contribution in [3.8, 4) is 0 Å². The molecule has 1 aliphatic carbocycles. The lowest BCUT2D eigenvalue weighted by Crippen LogP contribution is -2.51. The zero-order valence-corrected chi connectivity index (χ0v) is 20.0. The molecule has 0 unspecified atom stereocenters. The van der Waals surface area contributed by atoms with Crippen molar-refractivity contribution >= 4 is 23.2 Å². The summed E-state index contributed by atoms with van der Waals surface area (Å²) in [4.78, 5) is 40.8. The van der Waals surface area contributed by atoms with Gasteiger partial charge in [0, 0.05) is 23.0 Å². The number of aryl methyl sites for hydroxylation is 2. The van der Waals surface area contributed by atoms with E-state index in [2.05, 4.69) is 5.32 Å². The Kier molecular flexibility index (Phi) is 5.68. The van der Waals surface area contributed by atoms with Crippen molar-refractivity contribution in [3.05, 3.63) is 101 Å². The van der Waals surface area contributed by atoms with E-state index >= 15 is 0 Å². The third-order valence-corrected chi connectivity index (χ3v) is 7.79. The molecule has 5 rings (SSSR count). The maximum atomic E-state index is 13.9. The van der Waals surface area contributed by atoms with E-state index in [-0.39, 0.29) is 36.7 Å². The fourth-order valence-corrected chi connectivity index (χ4v) is 5.71. The highest BCUT2D eigenvalue weighted by atomic mass is 16.3. The summed E-state index contributed by atoms with van der Waals surface area (Å²) >= 11 is 0. The number of Topliss-reactive ketones (excluding diaryl/α,β-unsaturated/α-hetero) is 2. The Morgan fingerprint density at radius 2 is 1.51 bits per heavy atom. The Labute approximate surface area is 205 Å². The molecule has 0 saturated heterocycles. The second-order valence-corrected chi connectivity index (χ2v) is 10.2. The van der Waals surface area contributed by atoms with Gasteiger partial charge in [-0.1, -0.05) is 71.8 Å². The number of ketones is 2. The molecule has 3 aromatic rings. The molecule has 0 bridgehead atoms. The number of rotatable bonds is 3. The summed E-state index contributed by atoms with van der Waals surface area (Å²) in [6.07, 6.45) is 0.613. The molecule has 5 nitrogen and oxygen atoms in total. The summed E-state index contributed by atoms with van der Waals surface area (Å²) in [7, 11) is 0. The van der Waals surface area contributed by atoms with Gasteiger partial charge in [0.15, 0.2) is 11.6 Å². The topological polar surface area (TPSA) is 83.5 Å². The number of fused-ring (bicyclic) bond motifs is 1. The zero-order valence-electron chi connectivity index (χ0n) is 20.0. The van der Waals surface area contributed by atoms with Crippen LogP contribution in [0, 0.1) is 25.2 Å². The molecule has 35 heavy (non-hydrogen) atoms. The lowest BCUT2D eigenvalue weighted by molar-refractivity contribution is -0.120. The average Bonchev–Trinajstić information content (AvgIpc) is 2.95. The number of carbonyl (C=O) groups excluding carboxylic acids is 3. The van der Waals surface area contributed by atoms with Crippen LogP contribution in [0.2, 0.25) is 0 Å². The van der Waals surface area contributed by atoms with Crippen LogP contribution in [0.5, 0.6) is 0 Å². The molecule has 2 aliphatic rings. The van der Waals surface area contributed by atoms with Gasteiger partial charge in [-0.25, -0.2) is 0 Å². The van der Waals surface area contributed by atoms with Crippen LogP contribution in [0.25, 0.3) is 0 Å². The van der Waals surface area contributed by atoms with Crippen LogP contribution in [-0.2, 0) is 10.4 Å². The first kappa shape index (κ1) is 23.2. The predicted octanol–water partition coefficient (Wildman–Crippen LogP) is 5.39. The number of nitrogens with one attached hydrogen (secondary N) is 1. The largest absolute Gasteiger partial charge is 0.384 e. The van der Waals surface area contributed by atoms with Crippen molar-refractivity contribution in [2.24, 2.45) is 11.3 Å². The molecular weight excluding hydrogens is 438 g/mol. The van der Waals surface area contributed by atoms with Crippen LogP contribution in [0.1, 0.15) is 63.1 Å². The lowest BCUT2D eigenvalue weighted by atomic mass is 9.56. The molecular formula is C30H29NO4. The Balaban J connectivity index is 1.61. The SMILES string of the molecule is Cc1ccc(C(=O)[C@@H]2C[C@]3(CC[C@@]2(O)c2ccc(C)cc2)CC(=O)Nc2ccccc2C3=O)cc1. The number of anilines is 1. The normalized spacial score (nSPS) is 26.1. The summed E-state index contributed by atoms with van der Waals surface area (Å²) in [5, 5.41) is 14.9. The average molecular weight is 468 g/mol. The van der Waals surface area contributed by atoms with E-state index in [1.165, 1.54) is 0 Å². The number of benzene rings is 3. The lowest BCUT2D eigenvalue weighted by Gasteiger charge is -2.47. The zero-order chi connectivity index (χ0) is 24.8. The molecule has 178 valence electrons. The van der Waals surface area contributed by atoms with Gasteiger partial charge in [-0.3, -0.25) is 14.4 Å². The summed E-state index contributed by atoms with van der Waals surface area (Å²) in [6.45, 7) is 3.92. The first-order valence-electron chi connectivity index (χ1n) is 12.1. The maximum absolute atomic E-state index is 13.9. The van der Waals surface area contributed by atoms with Gasteiger partial charge in [-0.05, 0) is 50.8 Å². The van der Waals surface area contributed by atoms with Crippen molar-refractivity contribution in [2.45, 2.75) is 45.1 Å². The minimum Gasteiger partial charge on any atom is -0.384 e. The summed E-state index contributed by atoms with van der Waals surface area (Å²) in [5.41, 5.74) is 1.70. The fourth-order valence-electron chi connectivity index (χ4n) is 5.71. The molecule has 2 N–H and O–H groups in total. The van der Waals surface area contributed by atoms with Crippen LogP contribution >= 0.6 is 0 Å². The van der Waals surface area contributed by atoms with E-state index in [4.69, 9.17) is 0 Å². The van der Waals surface area contributed by atoms with Crippen LogP contribution in [0.3, 0.4) is 0 Å². The van der Waals surface area contributed by atoms with Crippen molar-refractivity contribution in [2.75, 3.05) is 5.32 Å². The number of carbonyl (C=O) groups is 3. The van der Waals surface area contributed by atoms with Crippen molar-refractivity contribution in [1.82, 2.24) is 0 Å². The Hall–Kier alpha value is -3.57. The highest BCUT2D eigenvalue weighted by Gasteiger charge is 2.56. The maximum Gasteiger partial charge on any atom is 0.225 e.